The maximum Gasteiger partial charge on any atom is 0.264 e. The first-order valence-corrected chi connectivity index (χ1v) is 15.5. The highest BCUT2D eigenvalue weighted by Crippen LogP contribution is 2.34. The van der Waals surface area contributed by atoms with E-state index >= 15 is 0 Å². The Balaban J connectivity index is 1.74. The van der Waals surface area contributed by atoms with Gasteiger partial charge < -0.3 is 15.0 Å². The van der Waals surface area contributed by atoms with Crippen LogP contribution in [-0.2, 0) is 26.2 Å². The number of methoxy groups -OCH3 is 1. The third-order valence-electron chi connectivity index (χ3n) is 7.50. The van der Waals surface area contributed by atoms with Gasteiger partial charge in [-0.05, 0) is 61.6 Å². The smallest absolute Gasteiger partial charge is 0.264 e. The Morgan fingerprint density at radius 2 is 1.61 bits per heavy atom. The lowest BCUT2D eigenvalue weighted by molar-refractivity contribution is -0.140. The minimum absolute atomic E-state index is 0.0528. The summed E-state index contributed by atoms with van der Waals surface area (Å²) in [6, 6.07) is 22.0. The summed E-state index contributed by atoms with van der Waals surface area (Å²) in [4.78, 5) is 29.3. The van der Waals surface area contributed by atoms with Gasteiger partial charge in [0, 0.05) is 12.6 Å². The number of nitrogens with zero attached hydrogens (tertiary/aromatic N) is 2. The van der Waals surface area contributed by atoms with Gasteiger partial charge >= 0.3 is 0 Å². The molecule has 0 aromatic heterocycles. The molecule has 0 heterocycles. The van der Waals surface area contributed by atoms with Crippen LogP contribution in [0, 0.1) is 6.92 Å². The van der Waals surface area contributed by atoms with E-state index in [9.17, 15) is 18.0 Å². The fourth-order valence-electron chi connectivity index (χ4n) is 5.30. The van der Waals surface area contributed by atoms with Crippen molar-refractivity contribution >= 4 is 27.5 Å². The van der Waals surface area contributed by atoms with Gasteiger partial charge in [-0.25, -0.2) is 8.42 Å². The second kappa shape index (κ2) is 13.7. The summed E-state index contributed by atoms with van der Waals surface area (Å²) in [5, 5.41) is 3.13. The maximum atomic E-state index is 14.2. The molecule has 1 saturated carbocycles. The fourth-order valence-corrected chi connectivity index (χ4v) is 6.73. The number of nitrogens with one attached hydrogen (secondary N) is 1. The van der Waals surface area contributed by atoms with Crippen molar-refractivity contribution in [2.45, 2.75) is 69.5 Å². The summed E-state index contributed by atoms with van der Waals surface area (Å²) in [6.07, 6.45) is 4.37. The predicted molar refractivity (Wildman–Crippen MR) is 160 cm³/mol. The zero-order valence-corrected chi connectivity index (χ0v) is 24.8. The second-order valence-electron chi connectivity index (χ2n) is 10.4. The minimum Gasteiger partial charge on any atom is -0.495 e. The van der Waals surface area contributed by atoms with E-state index in [1.54, 1.807) is 30.3 Å². The van der Waals surface area contributed by atoms with E-state index in [0.717, 1.165) is 41.1 Å². The van der Waals surface area contributed by atoms with Gasteiger partial charge in [0.25, 0.3) is 10.0 Å². The monoisotopic (exact) mass is 577 g/mol. The van der Waals surface area contributed by atoms with E-state index in [4.69, 9.17) is 4.74 Å². The number of carbonyl (C=O) groups is 2. The summed E-state index contributed by atoms with van der Waals surface area (Å²) in [5.74, 6) is -0.372. The topological polar surface area (TPSA) is 96.0 Å². The molecule has 3 aromatic rings. The molecule has 8 nitrogen and oxygen atoms in total. The van der Waals surface area contributed by atoms with Crippen molar-refractivity contribution in [1.82, 2.24) is 10.2 Å². The second-order valence-corrected chi connectivity index (χ2v) is 12.3. The molecule has 41 heavy (non-hydrogen) atoms. The number of ether oxygens (including phenoxy) is 1. The lowest BCUT2D eigenvalue weighted by atomic mass is 10.1. The number of hydrogen-bond acceptors (Lipinski definition) is 5. The lowest BCUT2D eigenvalue weighted by Gasteiger charge is -2.34. The van der Waals surface area contributed by atoms with Crippen LogP contribution in [0.15, 0.2) is 83.8 Å². The Labute approximate surface area is 243 Å². The number of hydrogen-bond donors (Lipinski definition) is 1. The Hall–Kier alpha value is -3.85. The fraction of sp³-hybridized carbons (Fsp3) is 0.375. The summed E-state index contributed by atoms with van der Waals surface area (Å²) >= 11 is 0. The SMILES string of the molecule is CCC(C(=O)NC1CCCC1)N(Cc1ccccc1)C(=O)CN(c1cc(C)ccc1OC)S(=O)(=O)c1ccccc1. The molecular weight excluding hydrogens is 538 g/mol. The number of rotatable bonds is 12. The van der Waals surface area contributed by atoms with Crippen molar-refractivity contribution in [3.63, 3.8) is 0 Å². The van der Waals surface area contributed by atoms with Crippen LogP contribution in [0.25, 0.3) is 0 Å². The highest BCUT2D eigenvalue weighted by Gasteiger charge is 2.35. The van der Waals surface area contributed by atoms with Gasteiger partial charge in [-0.15, -0.1) is 0 Å². The van der Waals surface area contributed by atoms with Gasteiger partial charge in [0.05, 0.1) is 17.7 Å². The van der Waals surface area contributed by atoms with Crippen molar-refractivity contribution < 1.29 is 22.7 Å². The quantitative estimate of drug-likeness (QED) is 0.325. The van der Waals surface area contributed by atoms with Gasteiger partial charge in [-0.2, -0.15) is 0 Å². The van der Waals surface area contributed by atoms with Crippen molar-refractivity contribution in [2.24, 2.45) is 0 Å². The van der Waals surface area contributed by atoms with Crippen LogP contribution < -0.4 is 14.4 Å². The third-order valence-corrected chi connectivity index (χ3v) is 9.27. The van der Waals surface area contributed by atoms with E-state index in [1.807, 2.05) is 50.2 Å². The van der Waals surface area contributed by atoms with Gasteiger partial charge in [-0.1, -0.05) is 74.4 Å². The van der Waals surface area contributed by atoms with E-state index in [0.29, 0.717) is 12.2 Å². The maximum absolute atomic E-state index is 14.2. The minimum atomic E-state index is -4.17. The van der Waals surface area contributed by atoms with Crippen LogP contribution in [0.4, 0.5) is 5.69 Å². The Morgan fingerprint density at radius 1 is 0.976 bits per heavy atom. The molecule has 1 N–H and O–H groups in total. The average Bonchev–Trinajstić information content (AvgIpc) is 3.49. The number of sulfonamides is 1. The van der Waals surface area contributed by atoms with E-state index in [1.165, 1.54) is 24.1 Å². The molecule has 1 atom stereocenters. The third kappa shape index (κ3) is 7.27. The predicted octanol–water partition coefficient (Wildman–Crippen LogP) is 5.07. The number of benzene rings is 3. The van der Waals surface area contributed by atoms with Crippen molar-refractivity contribution in [3.05, 3.63) is 90.0 Å². The van der Waals surface area contributed by atoms with Crippen LogP contribution in [0.5, 0.6) is 5.75 Å². The molecule has 0 spiro atoms. The highest BCUT2D eigenvalue weighted by atomic mass is 32.2. The van der Waals surface area contributed by atoms with Crippen LogP contribution in [0.1, 0.15) is 50.2 Å². The Bertz CT molecular complexity index is 1420. The van der Waals surface area contributed by atoms with Crippen LogP contribution in [-0.4, -0.2) is 50.9 Å². The molecule has 9 heteroatoms. The summed E-state index contributed by atoms with van der Waals surface area (Å²) < 4.78 is 34.7. The molecule has 1 fully saturated rings. The molecule has 4 rings (SSSR count). The first-order valence-electron chi connectivity index (χ1n) is 14.1. The van der Waals surface area contributed by atoms with Gasteiger partial charge in [0.15, 0.2) is 0 Å². The van der Waals surface area contributed by atoms with Gasteiger partial charge in [0.1, 0.15) is 18.3 Å². The first-order chi connectivity index (χ1) is 19.7. The summed E-state index contributed by atoms with van der Waals surface area (Å²) in [7, 11) is -2.71. The molecule has 3 aromatic carbocycles. The number of aryl methyl sites for hydroxylation is 1. The van der Waals surface area contributed by atoms with Crippen LogP contribution >= 0.6 is 0 Å². The molecule has 0 saturated heterocycles. The van der Waals surface area contributed by atoms with E-state index in [2.05, 4.69) is 5.32 Å². The largest absolute Gasteiger partial charge is 0.495 e. The standard InChI is InChI=1S/C32H39N3O5S/c1-4-28(32(37)33-26-15-11-12-16-26)34(22-25-13-7-5-8-14-25)31(36)23-35(29-21-24(2)19-20-30(29)40-3)41(38,39)27-17-9-6-10-18-27/h5-10,13-14,17-21,26,28H,4,11-12,15-16,22-23H2,1-3H3,(H,33,37). The molecular formula is C32H39N3O5S. The summed E-state index contributed by atoms with van der Waals surface area (Å²) in [5.41, 5.74) is 1.91. The molecule has 1 aliphatic rings. The van der Waals surface area contributed by atoms with E-state index < -0.39 is 28.5 Å². The number of amides is 2. The molecule has 1 unspecified atom stereocenters. The lowest BCUT2D eigenvalue weighted by Crippen LogP contribution is -2.53. The number of carbonyl (C=O) groups excluding carboxylic acids is 2. The van der Waals surface area contributed by atoms with Crippen molar-refractivity contribution in [3.8, 4) is 5.75 Å². The highest BCUT2D eigenvalue weighted by molar-refractivity contribution is 7.92. The van der Waals surface area contributed by atoms with E-state index in [-0.39, 0.29) is 29.1 Å². The Kier molecular flexibility index (Phi) is 10.0. The van der Waals surface area contributed by atoms with Crippen LogP contribution in [0.3, 0.4) is 0 Å². The molecule has 0 bridgehead atoms. The first kappa shape index (κ1) is 30.1. The van der Waals surface area contributed by atoms with Crippen molar-refractivity contribution in [2.75, 3.05) is 18.0 Å². The number of anilines is 1. The summed E-state index contributed by atoms with van der Waals surface area (Å²) in [6.45, 7) is 3.38. The normalized spacial score (nSPS) is 14.3. The van der Waals surface area contributed by atoms with Gasteiger partial charge in [0.2, 0.25) is 11.8 Å². The molecule has 2 amide bonds. The molecule has 0 radical (unpaired) electrons. The van der Waals surface area contributed by atoms with Crippen molar-refractivity contribution in [1.29, 1.82) is 0 Å². The molecule has 0 aliphatic heterocycles. The Morgan fingerprint density at radius 3 is 2.22 bits per heavy atom. The molecule has 1 aliphatic carbocycles. The molecule has 218 valence electrons. The van der Waals surface area contributed by atoms with Gasteiger partial charge in [-0.3, -0.25) is 13.9 Å². The van der Waals surface area contributed by atoms with Crippen LogP contribution in [0.2, 0.25) is 0 Å². The zero-order chi connectivity index (χ0) is 29.4. The average molecular weight is 578 g/mol. The zero-order valence-electron chi connectivity index (χ0n) is 24.0.